The minimum atomic E-state index is 0.226. The minimum Gasteiger partial charge on any atom is -0.327 e. The van der Waals surface area contributed by atoms with Crippen molar-refractivity contribution in [3.8, 4) is 0 Å². The molecular weight excluding hydrogens is 284 g/mol. The van der Waals surface area contributed by atoms with Gasteiger partial charge in [-0.15, -0.1) is 0 Å². The van der Waals surface area contributed by atoms with Gasteiger partial charge in [-0.1, -0.05) is 39.5 Å². The second-order valence-corrected chi connectivity index (χ2v) is 7.25. The quantitative estimate of drug-likeness (QED) is 0.381. The zero-order chi connectivity index (χ0) is 17.5. The molecule has 0 aliphatic heterocycles. The molecule has 0 bridgehead atoms. The highest BCUT2D eigenvalue weighted by Gasteiger charge is 2.16. The second-order valence-electron chi connectivity index (χ2n) is 7.25. The maximum atomic E-state index is 5.85. The standard InChI is InChI=1S/C19H44N4/c1-6-8-10-12-21-15-19(5)23(13-11-9-7-2)16-18(4)22-14-17(3)20/h17-19,21-22H,6-16,20H2,1-5H3. The van der Waals surface area contributed by atoms with Gasteiger partial charge in [-0.25, -0.2) is 0 Å². The Balaban J connectivity index is 4.18. The second kappa shape index (κ2) is 15.4. The summed E-state index contributed by atoms with van der Waals surface area (Å²) < 4.78 is 0. The van der Waals surface area contributed by atoms with Crippen LogP contribution in [0.3, 0.4) is 0 Å². The van der Waals surface area contributed by atoms with Crippen LogP contribution in [0.4, 0.5) is 0 Å². The first-order valence-electron chi connectivity index (χ1n) is 9.94. The van der Waals surface area contributed by atoms with Gasteiger partial charge in [-0.3, -0.25) is 4.90 Å². The number of hydrogen-bond donors (Lipinski definition) is 3. The van der Waals surface area contributed by atoms with Crippen molar-refractivity contribution in [1.82, 2.24) is 15.5 Å². The maximum Gasteiger partial charge on any atom is 0.0193 e. The fraction of sp³-hybridized carbons (Fsp3) is 1.00. The first kappa shape index (κ1) is 22.8. The summed E-state index contributed by atoms with van der Waals surface area (Å²) >= 11 is 0. The van der Waals surface area contributed by atoms with Gasteiger partial charge >= 0.3 is 0 Å². The van der Waals surface area contributed by atoms with E-state index in [0.717, 1.165) is 26.2 Å². The molecule has 140 valence electrons. The summed E-state index contributed by atoms with van der Waals surface area (Å²) in [6.45, 7) is 16.7. The van der Waals surface area contributed by atoms with Gasteiger partial charge in [-0.05, 0) is 46.7 Å². The summed E-state index contributed by atoms with van der Waals surface area (Å²) in [5.74, 6) is 0. The molecule has 0 radical (unpaired) electrons. The van der Waals surface area contributed by atoms with E-state index in [1.807, 2.05) is 0 Å². The number of rotatable bonds is 16. The SMILES string of the molecule is CCCCCNCC(C)N(CCCCC)CC(C)NCC(C)N. The summed E-state index contributed by atoms with van der Waals surface area (Å²) in [6.07, 6.45) is 7.84. The molecule has 23 heavy (non-hydrogen) atoms. The average molecular weight is 329 g/mol. The molecule has 0 saturated carbocycles. The lowest BCUT2D eigenvalue weighted by Gasteiger charge is -2.32. The lowest BCUT2D eigenvalue weighted by Crippen LogP contribution is -2.48. The molecular formula is C19H44N4. The van der Waals surface area contributed by atoms with Crippen molar-refractivity contribution in [2.75, 3.05) is 32.7 Å². The van der Waals surface area contributed by atoms with E-state index in [-0.39, 0.29) is 6.04 Å². The molecule has 0 aliphatic carbocycles. The fourth-order valence-electron chi connectivity index (χ4n) is 2.80. The molecule has 0 aromatic rings. The van der Waals surface area contributed by atoms with Crippen molar-refractivity contribution in [2.24, 2.45) is 5.73 Å². The van der Waals surface area contributed by atoms with Crippen molar-refractivity contribution >= 4 is 0 Å². The molecule has 0 spiro atoms. The van der Waals surface area contributed by atoms with Gasteiger partial charge < -0.3 is 16.4 Å². The van der Waals surface area contributed by atoms with Crippen LogP contribution < -0.4 is 16.4 Å². The van der Waals surface area contributed by atoms with Crippen LogP contribution in [0, 0.1) is 0 Å². The van der Waals surface area contributed by atoms with E-state index in [4.69, 9.17) is 5.73 Å². The van der Waals surface area contributed by atoms with Gasteiger partial charge in [0.1, 0.15) is 0 Å². The van der Waals surface area contributed by atoms with Gasteiger partial charge in [0.15, 0.2) is 0 Å². The number of nitrogens with two attached hydrogens (primary N) is 1. The molecule has 0 fully saturated rings. The molecule has 0 heterocycles. The average Bonchev–Trinajstić information content (AvgIpc) is 2.51. The highest BCUT2D eigenvalue weighted by Crippen LogP contribution is 2.05. The predicted octanol–water partition coefficient (Wildman–Crippen LogP) is 2.97. The Morgan fingerprint density at radius 2 is 1.57 bits per heavy atom. The van der Waals surface area contributed by atoms with Gasteiger partial charge in [0.2, 0.25) is 0 Å². The van der Waals surface area contributed by atoms with Crippen LogP contribution in [-0.4, -0.2) is 55.7 Å². The minimum absolute atomic E-state index is 0.226. The molecule has 4 N–H and O–H groups in total. The third-order valence-corrected chi connectivity index (χ3v) is 4.37. The van der Waals surface area contributed by atoms with Gasteiger partial charge in [-0.2, -0.15) is 0 Å². The van der Waals surface area contributed by atoms with E-state index < -0.39 is 0 Å². The van der Waals surface area contributed by atoms with Gasteiger partial charge in [0, 0.05) is 37.8 Å². The monoisotopic (exact) mass is 328 g/mol. The molecule has 0 amide bonds. The van der Waals surface area contributed by atoms with E-state index in [0.29, 0.717) is 12.1 Å². The first-order valence-corrected chi connectivity index (χ1v) is 9.94. The van der Waals surface area contributed by atoms with Crippen LogP contribution in [0.25, 0.3) is 0 Å². The molecule has 4 nitrogen and oxygen atoms in total. The summed E-state index contributed by atoms with van der Waals surface area (Å²) in [7, 11) is 0. The number of nitrogens with zero attached hydrogens (tertiary/aromatic N) is 1. The zero-order valence-corrected chi connectivity index (χ0v) is 16.5. The summed E-state index contributed by atoms with van der Waals surface area (Å²) in [6, 6.07) is 1.31. The van der Waals surface area contributed by atoms with Crippen LogP contribution >= 0.6 is 0 Å². The molecule has 4 heteroatoms. The fourth-order valence-corrected chi connectivity index (χ4v) is 2.80. The van der Waals surface area contributed by atoms with E-state index in [1.54, 1.807) is 0 Å². The molecule has 0 aromatic heterocycles. The third kappa shape index (κ3) is 13.9. The van der Waals surface area contributed by atoms with E-state index >= 15 is 0 Å². The largest absolute Gasteiger partial charge is 0.327 e. The molecule has 3 atom stereocenters. The normalized spacial score (nSPS) is 15.8. The van der Waals surface area contributed by atoms with Crippen LogP contribution in [0.15, 0.2) is 0 Å². The van der Waals surface area contributed by atoms with Gasteiger partial charge in [0.25, 0.3) is 0 Å². The van der Waals surface area contributed by atoms with Crippen molar-refractivity contribution in [1.29, 1.82) is 0 Å². The van der Waals surface area contributed by atoms with Crippen molar-refractivity contribution in [3.63, 3.8) is 0 Å². The van der Waals surface area contributed by atoms with Crippen molar-refractivity contribution in [2.45, 2.75) is 91.3 Å². The lowest BCUT2D eigenvalue weighted by atomic mass is 10.1. The Bertz CT molecular complexity index is 246. The van der Waals surface area contributed by atoms with Crippen LogP contribution in [-0.2, 0) is 0 Å². The van der Waals surface area contributed by atoms with E-state index in [2.05, 4.69) is 50.2 Å². The van der Waals surface area contributed by atoms with Crippen LogP contribution in [0.2, 0.25) is 0 Å². The first-order chi connectivity index (χ1) is 11.0. The third-order valence-electron chi connectivity index (χ3n) is 4.37. The summed E-state index contributed by atoms with van der Waals surface area (Å²) in [4.78, 5) is 2.64. The van der Waals surface area contributed by atoms with E-state index in [9.17, 15) is 0 Å². The molecule has 0 aliphatic rings. The number of unbranched alkanes of at least 4 members (excludes halogenated alkanes) is 4. The Labute approximate surface area is 146 Å². The Morgan fingerprint density at radius 3 is 2.17 bits per heavy atom. The Kier molecular flexibility index (Phi) is 15.3. The molecule has 3 unspecified atom stereocenters. The zero-order valence-electron chi connectivity index (χ0n) is 16.5. The Morgan fingerprint density at radius 1 is 0.913 bits per heavy atom. The maximum absolute atomic E-state index is 5.85. The molecule has 0 saturated heterocycles. The summed E-state index contributed by atoms with van der Waals surface area (Å²) in [5.41, 5.74) is 5.85. The predicted molar refractivity (Wildman–Crippen MR) is 104 cm³/mol. The Hall–Kier alpha value is -0.160. The smallest absolute Gasteiger partial charge is 0.0193 e. The van der Waals surface area contributed by atoms with E-state index in [1.165, 1.54) is 45.1 Å². The number of nitrogens with one attached hydrogen (secondary N) is 2. The van der Waals surface area contributed by atoms with Crippen molar-refractivity contribution < 1.29 is 0 Å². The summed E-state index contributed by atoms with van der Waals surface area (Å²) in [5, 5.41) is 7.19. The highest BCUT2D eigenvalue weighted by atomic mass is 15.2. The molecule has 0 rings (SSSR count). The molecule has 0 aromatic carbocycles. The topological polar surface area (TPSA) is 53.3 Å². The van der Waals surface area contributed by atoms with Crippen LogP contribution in [0.5, 0.6) is 0 Å². The lowest BCUT2D eigenvalue weighted by molar-refractivity contribution is 0.182. The van der Waals surface area contributed by atoms with Crippen molar-refractivity contribution in [3.05, 3.63) is 0 Å². The number of hydrogen-bond acceptors (Lipinski definition) is 4. The highest BCUT2D eigenvalue weighted by molar-refractivity contribution is 4.76. The van der Waals surface area contributed by atoms with Gasteiger partial charge in [0.05, 0.1) is 0 Å². The van der Waals surface area contributed by atoms with Crippen LogP contribution in [0.1, 0.15) is 73.1 Å².